The fourth-order valence-corrected chi connectivity index (χ4v) is 6.72. The van der Waals surface area contributed by atoms with E-state index in [1.807, 2.05) is 13.0 Å². The van der Waals surface area contributed by atoms with Crippen molar-refractivity contribution in [1.29, 1.82) is 0 Å². The molecule has 0 aromatic carbocycles. The molecule has 0 heterocycles. The normalized spacial score (nSPS) is 59.1. The Kier molecular flexibility index (Phi) is 2.67. The van der Waals surface area contributed by atoms with Crippen molar-refractivity contribution in [3.8, 4) is 0 Å². The molecular formula is C21H32O2. The number of carbonyl (C=O) groups excluding carboxylic acids is 1. The second-order valence-electron chi connectivity index (χ2n) is 8.86. The highest BCUT2D eigenvalue weighted by Crippen LogP contribution is 2.66. The minimum Gasteiger partial charge on any atom is -0.393 e. The standard InChI is InChI=1S/C21H32O2/c1-13(22)17-6-7-18-16-5-4-14-12-15(23)8-10-20(14,2)19(16)9-11-21(17,18)3/h4,15-19,23H,5-12H2,1-3H3/t15-,16?,17+,18?,19?,20-,21+/m0/s1/i8D2,12D2. The van der Waals surface area contributed by atoms with Gasteiger partial charge in [0.25, 0.3) is 0 Å². The maximum Gasteiger partial charge on any atom is 0.133 e. The van der Waals surface area contributed by atoms with Gasteiger partial charge in [0.2, 0.25) is 0 Å². The van der Waals surface area contributed by atoms with Crippen molar-refractivity contribution in [2.24, 2.45) is 34.5 Å². The molecule has 2 nitrogen and oxygen atoms in total. The predicted octanol–water partition coefficient (Wildman–Crippen LogP) is 4.52. The Morgan fingerprint density at radius 1 is 1.26 bits per heavy atom. The van der Waals surface area contributed by atoms with Gasteiger partial charge in [0, 0.05) is 11.4 Å². The van der Waals surface area contributed by atoms with Gasteiger partial charge in [0.05, 0.1) is 6.10 Å². The van der Waals surface area contributed by atoms with Gasteiger partial charge in [-0.1, -0.05) is 25.5 Å². The Balaban J connectivity index is 1.75. The van der Waals surface area contributed by atoms with Gasteiger partial charge >= 0.3 is 0 Å². The highest BCUT2D eigenvalue weighted by molar-refractivity contribution is 5.79. The van der Waals surface area contributed by atoms with E-state index in [0.717, 1.165) is 32.1 Å². The third-order valence-corrected chi connectivity index (χ3v) is 7.91. The molecule has 0 radical (unpaired) electrons. The molecule has 2 heteroatoms. The number of aliphatic hydroxyl groups is 1. The van der Waals surface area contributed by atoms with Crippen LogP contribution in [0.15, 0.2) is 11.6 Å². The number of allylic oxidation sites excluding steroid dienone is 1. The summed E-state index contributed by atoms with van der Waals surface area (Å²) < 4.78 is 33.6. The van der Waals surface area contributed by atoms with Crippen molar-refractivity contribution in [1.82, 2.24) is 0 Å². The minimum absolute atomic E-state index is 0.0287. The van der Waals surface area contributed by atoms with Gasteiger partial charge < -0.3 is 5.11 Å². The van der Waals surface area contributed by atoms with Gasteiger partial charge in [0.15, 0.2) is 0 Å². The van der Waals surface area contributed by atoms with Gasteiger partial charge in [-0.25, -0.2) is 0 Å². The number of rotatable bonds is 1. The summed E-state index contributed by atoms with van der Waals surface area (Å²) in [6.45, 7) is 6.02. The third kappa shape index (κ3) is 2.13. The Bertz CT molecular complexity index is 702. The second-order valence-corrected chi connectivity index (χ2v) is 8.86. The van der Waals surface area contributed by atoms with Crippen LogP contribution >= 0.6 is 0 Å². The van der Waals surface area contributed by atoms with Crippen molar-refractivity contribution in [2.45, 2.75) is 78.1 Å². The maximum absolute atomic E-state index is 12.2. The summed E-state index contributed by atoms with van der Waals surface area (Å²) in [6, 6.07) is 0. The van der Waals surface area contributed by atoms with E-state index in [4.69, 9.17) is 5.48 Å². The molecule has 3 fully saturated rings. The number of aliphatic hydroxyl groups excluding tert-OH is 1. The summed E-state index contributed by atoms with van der Waals surface area (Å²) in [6.07, 6.45) is 1.23. The average Bonchev–Trinajstić information content (AvgIpc) is 2.90. The van der Waals surface area contributed by atoms with Crippen LogP contribution in [0, 0.1) is 34.5 Å². The summed E-state index contributed by atoms with van der Waals surface area (Å²) >= 11 is 0. The van der Waals surface area contributed by atoms with Crippen LogP contribution in [0.1, 0.15) is 77.5 Å². The van der Waals surface area contributed by atoms with Crippen LogP contribution in [0.3, 0.4) is 0 Å². The first-order chi connectivity index (χ1) is 12.4. The molecule has 23 heavy (non-hydrogen) atoms. The lowest BCUT2D eigenvalue weighted by Crippen LogP contribution is -2.50. The number of Topliss-reactive ketones (excluding diaryl/α,β-unsaturated/α-hetero) is 1. The summed E-state index contributed by atoms with van der Waals surface area (Å²) in [5.74, 6) is 1.48. The molecule has 0 spiro atoms. The zero-order valence-corrected chi connectivity index (χ0v) is 14.6. The molecule has 1 N–H and O–H groups in total. The van der Waals surface area contributed by atoms with E-state index in [9.17, 15) is 9.90 Å². The number of ketones is 1. The first-order valence-corrected chi connectivity index (χ1v) is 9.25. The monoisotopic (exact) mass is 320 g/mol. The van der Waals surface area contributed by atoms with E-state index in [0.29, 0.717) is 23.2 Å². The average molecular weight is 321 g/mol. The lowest BCUT2D eigenvalue weighted by atomic mass is 9.47. The molecule has 0 amide bonds. The SMILES string of the molecule is [2H]C1([2H])C[C@@]2(C)C(=CCC3C2CC[C@@]2(C)C3CC[C@@H]2C(C)=O)C([2H])([2H])[C@H]1O. The third-order valence-electron chi connectivity index (χ3n) is 7.91. The lowest BCUT2D eigenvalue weighted by molar-refractivity contribution is -0.127. The van der Waals surface area contributed by atoms with E-state index >= 15 is 0 Å². The molecule has 0 aliphatic heterocycles. The molecule has 7 atom stereocenters. The Morgan fingerprint density at radius 2 is 2.04 bits per heavy atom. The summed E-state index contributed by atoms with van der Waals surface area (Å²) in [5.41, 5.74) is 0.0784. The Hall–Kier alpha value is -0.630. The topological polar surface area (TPSA) is 37.3 Å². The lowest BCUT2D eigenvalue weighted by Gasteiger charge is -2.57. The summed E-state index contributed by atoms with van der Waals surface area (Å²) in [7, 11) is 0. The van der Waals surface area contributed by atoms with E-state index in [1.165, 1.54) is 0 Å². The van der Waals surface area contributed by atoms with Crippen LogP contribution in [0.4, 0.5) is 0 Å². The van der Waals surface area contributed by atoms with Crippen LogP contribution in [-0.2, 0) is 4.79 Å². The van der Waals surface area contributed by atoms with Gasteiger partial charge in [-0.15, -0.1) is 0 Å². The van der Waals surface area contributed by atoms with Gasteiger partial charge in [-0.2, -0.15) is 0 Å². The van der Waals surface area contributed by atoms with Gasteiger partial charge in [0.1, 0.15) is 5.78 Å². The number of carbonyl (C=O) groups is 1. The van der Waals surface area contributed by atoms with Gasteiger partial charge in [-0.05, 0) is 86.8 Å². The zero-order valence-electron chi connectivity index (χ0n) is 18.6. The van der Waals surface area contributed by atoms with E-state index in [2.05, 4.69) is 6.92 Å². The van der Waals surface area contributed by atoms with E-state index < -0.39 is 24.3 Å². The van der Waals surface area contributed by atoms with Crippen molar-refractivity contribution < 1.29 is 15.4 Å². The molecule has 4 aliphatic rings. The van der Waals surface area contributed by atoms with Crippen LogP contribution in [-0.4, -0.2) is 17.0 Å². The van der Waals surface area contributed by atoms with Crippen molar-refractivity contribution in [3.05, 3.63) is 11.6 Å². The number of hydrogen-bond donors (Lipinski definition) is 1. The van der Waals surface area contributed by atoms with Crippen LogP contribution in [0.2, 0.25) is 0 Å². The van der Waals surface area contributed by atoms with Crippen molar-refractivity contribution >= 4 is 5.78 Å². The highest BCUT2D eigenvalue weighted by Gasteiger charge is 2.59. The molecule has 0 saturated heterocycles. The molecule has 0 bridgehead atoms. The minimum atomic E-state index is -2.03. The smallest absolute Gasteiger partial charge is 0.133 e. The second kappa shape index (κ2) is 5.18. The maximum atomic E-state index is 12.2. The first kappa shape index (κ1) is 11.8. The van der Waals surface area contributed by atoms with Crippen LogP contribution in [0.5, 0.6) is 0 Å². The molecule has 3 saturated carbocycles. The fourth-order valence-electron chi connectivity index (χ4n) is 6.72. The van der Waals surface area contributed by atoms with Crippen molar-refractivity contribution in [3.63, 3.8) is 0 Å². The van der Waals surface area contributed by atoms with Crippen LogP contribution in [0.25, 0.3) is 0 Å². The van der Waals surface area contributed by atoms with E-state index in [-0.39, 0.29) is 23.7 Å². The van der Waals surface area contributed by atoms with Crippen LogP contribution < -0.4 is 0 Å². The van der Waals surface area contributed by atoms with Crippen molar-refractivity contribution in [2.75, 3.05) is 0 Å². The Labute approximate surface area is 146 Å². The summed E-state index contributed by atoms with van der Waals surface area (Å²) in [5, 5.41) is 10.4. The summed E-state index contributed by atoms with van der Waals surface area (Å²) in [4.78, 5) is 12.2. The molecule has 4 rings (SSSR count). The quantitative estimate of drug-likeness (QED) is 0.722. The fraction of sp³-hybridized carbons (Fsp3) is 0.857. The highest BCUT2D eigenvalue weighted by atomic mass is 16.3. The largest absolute Gasteiger partial charge is 0.393 e. The number of hydrogen-bond acceptors (Lipinski definition) is 2. The molecule has 0 aromatic rings. The van der Waals surface area contributed by atoms with Gasteiger partial charge in [-0.3, -0.25) is 4.79 Å². The molecule has 4 aliphatic carbocycles. The molecule has 128 valence electrons. The predicted molar refractivity (Wildman–Crippen MR) is 91.9 cm³/mol. The number of fused-ring (bicyclic) bond motifs is 5. The first-order valence-electron chi connectivity index (χ1n) is 11.3. The molecule has 0 aromatic heterocycles. The Morgan fingerprint density at radius 3 is 2.78 bits per heavy atom. The van der Waals surface area contributed by atoms with E-state index in [1.54, 1.807) is 6.92 Å². The zero-order chi connectivity index (χ0) is 20.0. The molecular weight excluding hydrogens is 284 g/mol. The molecule has 3 unspecified atom stereocenters.